The lowest BCUT2D eigenvalue weighted by Gasteiger charge is -2.24. The third-order valence-corrected chi connectivity index (χ3v) is 4.94. The first kappa shape index (κ1) is 17.3. The summed E-state index contributed by atoms with van der Waals surface area (Å²) in [7, 11) is 3.72. The second kappa shape index (κ2) is 10.2. The van der Waals surface area contributed by atoms with Gasteiger partial charge in [0.2, 0.25) is 0 Å². The largest absolute Gasteiger partial charge is 0.536 e. The van der Waals surface area contributed by atoms with Gasteiger partial charge in [0.1, 0.15) is 0 Å². The highest BCUT2D eigenvalue weighted by Crippen LogP contribution is 2.14. The van der Waals surface area contributed by atoms with Gasteiger partial charge in [0.15, 0.2) is 0 Å². The molecule has 0 unspecified atom stereocenters. The Bertz CT molecular complexity index is 279. The fraction of sp³-hybridized carbons (Fsp3) is 0.538. The molecule has 0 atom stereocenters. The van der Waals surface area contributed by atoms with Crippen LogP contribution in [0.4, 0.5) is 0 Å². The van der Waals surface area contributed by atoms with E-state index < -0.39 is 8.80 Å². The third-order valence-electron chi connectivity index (χ3n) is 2.29. The van der Waals surface area contributed by atoms with E-state index in [0.29, 0.717) is 0 Å². The molecule has 1 aromatic rings. The SMILES string of the molecule is C1CC1.CN.CO[Si](OC)(OC)c1ccccc1. The fourth-order valence-corrected chi connectivity index (χ4v) is 3.05. The van der Waals surface area contributed by atoms with Crippen molar-refractivity contribution in [2.45, 2.75) is 19.3 Å². The molecule has 0 bridgehead atoms. The molecule has 1 aliphatic rings. The molecule has 18 heavy (non-hydrogen) atoms. The highest BCUT2D eigenvalue weighted by molar-refractivity contribution is 6.75. The van der Waals surface area contributed by atoms with Gasteiger partial charge in [-0.15, -0.1) is 0 Å². The predicted octanol–water partition coefficient (Wildman–Crippen LogP) is 1.52. The molecule has 0 radical (unpaired) electrons. The lowest BCUT2D eigenvalue weighted by Crippen LogP contribution is -2.54. The molecule has 104 valence electrons. The molecule has 4 nitrogen and oxygen atoms in total. The average Bonchev–Trinajstić information content (AvgIpc) is 3.33. The highest BCUT2D eigenvalue weighted by atomic mass is 28.4. The van der Waals surface area contributed by atoms with Gasteiger partial charge < -0.3 is 19.0 Å². The molecule has 0 heterocycles. The van der Waals surface area contributed by atoms with E-state index in [-0.39, 0.29) is 0 Å². The zero-order chi connectivity index (χ0) is 13.9. The van der Waals surface area contributed by atoms with Crippen molar-refractivity contribution >= 4 is 14.0 Å². The van der Waals surface area contributed by atoms with E-state index in [1.54, 1.807) is 21.3 Å². The minimum atomic E-state index is -2.59. The number of hydrogen-bond donors (Lipinski definition) is 1. The van der Waals surface area contributed by atoms with E-state index in [1.807, 2.05) is 30.3 Å². The van der Waals surface area contributed by atoms with Gasteiger partial charge in [-0.05, 0) is 7.05 Å². The fourth-order valence-electron chi connectivity index (χ4n) is 1.25. The van der Waals surface area contributed by atoms with Crippen LogP contribution in [0.3, 0.4) is 0 Å². The number of rotatable bonds is 4. The molecule has 0 amide bonds. The van der Waals surface area contributed by atoms with Gasteiger partial charge in [0.05, 0.1) is 0 Å². The summed E-state index contributed by atoms with van der Waals surface area (Å²) in [6.45, 7) is 0. The highest BCUT2D eigenvalue weighted by Gasteiger charge is 2.40. The van der Waals surface area contributed by atoms with Crippen molar-refractivity contribution in [1.82, 2.24) is 0 Å². The van der Waals surface area contributed by atoms with E-state index in [0.717, 1.165) is 5.19 Å². The Labute approximate surface area is 111 Å². The zero-order valence-electron chi connectivity index (χ0n) is 11.8. The zero-order valence-corrected chi connectivity index (χ0v) is 12.8. The van der Waals surface area contributed by atoms with Gasteiger partial charge >= 0.3 is 8.80 Å². The number of nitrogens with two attached hydrogens (primary N) is 1. The first-order valence-corrected chi connectivity index (χ1v) is 7.80. The maximum Gasteiger partial charge on any atom is 0.536 e. The smallest absolute Gasteiger partial charge is 0.373 e. The Morgan fingerprint density at radius 2 is 1.22 bits per heavy atom. The summed E-state index contributed by atoms with van der Waals surface area (Å²) in [5, 5.41) is 0.975. The first-order chi connectivity index (χ1) is 8.79. The van der Waals surface area contributed by atoms with Gasteiger partial charge in [0.25, 0.3) is 0 Å². The summed E-state index contributed by atoms with van der Waals surface area (Å²) in [6, 6.07) is 9.72. The van der Waals surface area contributed by atoms with E-state index in [4.69, 9.17) is 13.3 Å². The van der Waals surface area contributed by atoms with Crippen molar-refractivity contribution in [3.8, 4) is 0 Å². The molecule has 0 aliphatic heterocycles. The second-order valence-corrected chi connectivity index (χ2v) is 6.51. The van der Waals surface area contributed by atoms with Crippen molar-refractivity contribution in [3.63, 3.8) is 0 Å². The molecule has 0 aromatic heterocycles. The van der Waals surface area contributed by atoms with Crippen LogP contribution in [0.15, 0.2) is 30.3 Å². The molecule has 1 saturated carbocycles. The lowest BCUT2D eigenvalue weighted by atomic mass is 10.4. The van der Waals surface area contributed by atoms with Crippen molar-refractivity contribution in [2.75, 3.05) is 28.4 Å². The Morgan fingerprint density at radius 1 is 0.833 bits per heavy atom. The number of benzene rings is 1. The molecule has 5 heteroatoms. The van der Waals surface area contributed by atoms with Gasteiger partial charge in [0, 0.05) is 26.5 Å². The number of hydrogen-bond acceptors (Lipinski definition) is 4. The molecule has 1 fully saturated rings. The molecule has 1 aliphatic carbocycles. The Morgan fingerprint density at radius 3 is 1.50 bits per heavy atom. The van der Waals surface area contributed by atoms with Crippen molar-refractivity contribution in [2.24, 2.45) is 5.73 Å². The second-order valence-electron chi connectivity index (χ2n) is 3.60. The summed E-state index contributed by atoms with van der Waals surface area (Å²) in [6.07, 6.45) is 4.50. The predicted molar refractivity (Wildman–Crippen MR) is 76.8 cm³/mol. The van der Waals surface area contributed by atoms with Crippen LogP contribution in [-0.2, 0) is 13.3 Å². The summed E-state index contributed by atoms with van der Waals surface area (Å²) >= 11 is 0. The minimum Gasteiger partial charge on any atom is -0.373 e. The van der Waals surface area contributed by atoms with Crippen molar-refractivity contribution < 1.29 is 13.3 Å². The topological polar surface area (TPSA) is 53.7 Å². The van der Waals surface area contributed by atoms with Crippen LogP contribution in [-0.4, -0.2) is 37.2 Å². The van der Waals surface area contributed by atoms with Crippen LogP contribution in [0.1, 0.15) is 19.3 Å². The van der Waals surface area contributed by atoms with E-state index in [2.05, 4.69) is 5.73 Å². The quantitative estimate of drug-likeness (QED) is 0.844. The molecule has 1 aromatic carbocycles. The molecular weight excluding hydrogens is 246 g/mol. The summed E-state index contributed by atoms with van der Waals surface area (Å²) in [4.78, 5) is 0. The van der Waals surface area contributed by atoms with Gasteiger partial charge in [-0.3, -0.25) is 0 Å². The Balaban J connectivity index is 0.000000487. The lowest BCUT2D eigenvalue weighted by molar-refractivity contribution is 0.140. The maximum atomic E-state index is 5.32. The van der Waals surface area contributed by atoms with Crippen LogP contribution in [0.2, 0.25) is 0 Å². The standard InChI is InChI=1S/C9H14O3Si.C3H6.CH5N/c1-10-13(11-2,12-3)9-7-5-4-6-8-9;1-2-3-1;1-2/h4-8H,1-3H3;1-3H2;2H2,1H3. The van der Waals surface area contributed by atoms with E-state index in [1.165, 1.54) is 26.3 Å². The van der Waals surface area contributed by atoms with Crippen LogP contribution in [0.5, 0.6) is 0 Å². The average molecular weight is 271 g/mol. The van der Waals surface area contributed by atoms with E-state index in [9.17, 15) is 0 Å². The normalized spacial score (nSPS) is 12.7. The van der Waals surface area contributed by atoms with Crippen LogP contribution in [0.25, 0.3) is 0 Å². The Hall–Kier alpha value is -0.723. The molecule has 0 saturated heterocycles. The monoisotopic (exact) mass is 271 g/mol. The van der Waals surface area contributed by atoms with Gasteiger partial charge in [-0.1, -0.05) is 49.6 Å². The van der Waals surface area contributed by atoms with Crippen LogP contribution in [0, 0.1) is 0 Å². The summed E-state index contributed by atoms with van der Waals surface area (Å²) in [5.41, 5.74) is 4.50. The molecule has 2 N–H and O–H groups in total. The van der Waals surface area contributed by atoms with E-state index >= 15 is 0 Å². The van der Waals surface area contributed by atoms with Crippen molar-refractivity contribution in [3.05, 3.63) is 30.3 Å². The van der Waals surface area contributed by atoms with Crippen LogP contribution < -0.4 is 10.9 Å². The minimum absolute atomic E-state index is 0.975. The maximum absolute atomic E-state index is 5.32. The third kappa shape index (κ3) is 5.75. The van der Waals surface area contributed by atoms with Crippen molar-refractivity contribution in [1.29, 1.82) is 0 Å². The van der Waals surface area contributed by atoms with Gasteiger partial charge in [-0.2, -0.15) is 0 Å². The molecular formula is C13H25NO3Si. The summed E-state index contributed by atoms with van der Waals surface area (Å²) in [5.74, 6) is 0. The summed E-state index contributed by atoms with van der Waals surface area (Å²) < 4.78 is 16.0. The first-order valence-electron chi connectivity index (χ1n) is 6.08. The Kier molecular flexibility index (Phi) is 9.81. The molecule has 0 spiro atoms. The van der Waals surface area contributed by atoms with Gasteiger partial charge in [-0.25, -0.2) is 0 Å². The van der Waals surface area contributed by atoms with Crippen LogP contribution >= 0.6 is 0 Å². The molecule has 2 rings (SSSR count).